The second-order valence-electron chi connectivity index (χ2n) is 10.3. The first-order valence-electron chi connectivity index (χ1n) is 11.9. The number of aromatic hydroxyl groups is 1. The maximum absolute atomic E-state index is 13.9. The highest BCUT2D eigenvalue weighted by atomic mass is 35.5. The monoisotopic (exact) mass is 515 g/mol. The molecule has 0 aliphatic carbocycles. The second kappa shape index (κ2) is 10.2. The smallest absolute Gasteiger partial charge is 0.270 e. The Bertz CT molecular complexity index is 1150. The van der Waals surface area contributed by atoms with E-state index in [1.165, 1.54) is 18.2 Å². The van der Waals surface area contributed by atoms with E-state index in [0.29, 0.717) is 12.0 Å². The summed E-state index contributed by atoms with van der Waals surface area (Å²) in [6.45, 7) is 8.39. The van der Waals surface area contributed by atoms with Gasteiger partial charge in [-0.15, -0.1) is 11.6 Å². The van der Waals surface area contributed by atoms with Crippen LogP contribution in [0.1, 0.15) is 61.5 Å². The van der Waals surface area contributed by atoms with Crippen molar-refractivity contribution in [3.63, 3.8) is 0 Å². The van der Waals surface area contributed by atoms with Gasteiger partial charge in [0.05, 0.1) is 0 Å². The highest BCUT2D eigenvalue weighted by Crippen LogP contribution is 2.39. The molecule has 0 spiro atoms. The highest BCUT2D eigenvalue weighted by molar-refractivity contribution is 6.38. The molecule has 3 rings (SSSR count). The average molecular weight is 516 g/mol. The lowest BCUT2D eigenvalue weighted by atomic mass is 9.80. The van der Waals surface area contributed by atoms with Gasteiger partial charge in [0.2, 0.25) is 5.72 Å². The van der Waals surface area contributed by atoms with Crippen molar-refractivity contribution in [3.05, 3.63) is 65.2 Å². The molecule has 8 nitrogen and oxygen atoms in total. The van der Waals surface area contributed by atoms with E-state index in [1.807, 2.05) is 37.3 Å². The number of ketones is 1. The van der Waals surface area contributed by atoms with Crippen LogP contribution in [-0.2, 0) is 9.59 Å². The molecule has 1 aliphatic rings. The van der Waals surface area contributed by atoms with Crippen LogP contribution < -0.4 is 16.0 Å². The molecule has 0 bridgehead atoms. The van der Waals surface area contributed by atoms with E-state index in [-0.39, 0.29) is 17.9 Å². The Hall–Kier alpha value is -2.94. The summed E-state index contributed by atoms with van der Waals surface area (Å²) in [6, 6.07) is 12.0. The van der Waals surface area contributed by atoms with E-state index in [4.69, 9.17) is 11.6 Å². The van der Waals surface area contributed by atoms with Gasteiger partial charge in [0.15, 0.2) is 5.78 Å². The van der Waals surface area contributed by atoms with Crippen LogP contribution in [0, 0.1) is 6.92 Å². The van der Waals surface area contributed by atoms with Crippen LogP contribution >= 0.6 is 11.6 Å². The Morgan fingerprint density at radius 3 is 2.36 bits per heavy atom. The van der Waals surface area contributed by atoms with Gasteiger partial charge in [-0.05, 0) is 51.8 Å². The number of amides is 2. The number of halogens is 1. The summed E-state index contributed by atoms with van der Waals surface area (Å²) in [6.07, 6.45) is 0.427. The third-order valence-corrected chi connectivity index (χ3v) is 7.02. The first kappa shape index (κ1) is 27.6. The summed E-state index contributed by atoms with van der Waals surface area (Å²) in [4.78, 5) is 38.7. The van der Waals surface area contributed by atoms with Gasteiger partial charge in [-0.2, -0.15) is 0 Å². The van der Waals surface area contributed by atoms with Crippen molar-refractivity contribution in [3.8, 4) is 5.75 Å². The van der Waals surface area contributed by atoms with Crippen molar-refractivity contribution in [1.29, 1.82) is 0 Å². The Morgan fingerprint density at radius 2 is 1.78 bits per heavy atom. The molecule has 0 saturated carbocycles. The first-order valence-corrected chi connectivity index (χ1v) is 12.3. The molecule has 194 valence electrons. The summed E-state index contributed by atoms with van der Waals surface area (Å²) in [5.74, 6) is -2.65. The van der Waals surface area contributed by atoms with Crippen molar-refractivity contribution in [2.75, 3.05) is 6.54 Å². The average Bonchev–Trinajstić information content (AvgIpc) is 3.08. The van der Waals surface area contributed by atoms with Gasteiger partial charge < -0.3 is 20.8 Å². The molecule has 5 N–H and O–H groups in total. The van der Waals surface area contributed by atoms with Crippen LogP contribution in [0.15, 0.2) is 48.5 Å². The lowest BCUT2D eigenvalue weighted by Gasteiger charge is -2.37. The fourth-order valence-corrected chi connectivity index (χ4v) is 4.93. The minimum Gasteiger partial charge on any atom is -0.508 e. The van der Waals surface area contributed by atoms with Crippen molar-refractivity contribution in [1.82, 2.24) is 16.0 Å². The SMILES string of the molecule is CCC(C(=O)C1(Cl)CN[C@](O)(C(=O)NC(C)(C)C)C1NC(=O)c1cccc(O)c1C)c1ccccc1. The van der Waals surface area contributed by atoms with Crippen molar-refractivity contribution in [2.45, 2.75) is 69.1 Å². The molecule has 2 amide bonds. The Labute approximate surface area is 216 Å². The van der Waals surface area contributed by atoms with Crippen molar-refractivity contribution in [2.24, 2.45) is 0 Å². The molecular formula is C27H34ClN3O5. The molecular weight excluding hydrogens is 482 g/mol. The fraction of sp³-hybridized carbons (Fsp3) is 0.444. The summed E-state index contributed by atoms with van der Waals surface area (Å²) < 4.78 is 0. The molecule has 4 atom stereocenters. The standard InChI is InChI=1S/C27H34ClN3O5/c1-6-18(17-11-8-7-9-12-17)21(33)26(28)15-29-27(36,24(35)31-25(3,4)5)23(26)30-22(34)19-13-10-14-20(32)16(19)2/h7-14,18,23,29,32,36H,6,15H2,1-5H3,(H,30,34)(H,31,35)/t18?,23?,26?,27-/m1/s1. The van der Waals surface area contributed by atoms with Crippen LogP contribution in [0.2, 0.25) is 0 Å². The molecule has 3 unspecified atom stereocenters. The van der Waals surface area contributed by atoms with E-state index in [0.717, 1.165) is 5.56 Å². The minimum atomic E-state index is -2.37. The third-order valence-electron chi connectivity index (χ3n) is 6.49. The van der Waals surface area contributed by atoms with Crippen LogP contribution in [-0.4, -0.2) is 56.5 Å². The zero-order valence-electron chi connectivity index (χ0n) is 21.2. The lowest BCUT2D eigenvalue weighted by molar-refractivity contribution is -0.146. The molecule has 9 heteroatoms. The summed E-state index contributed by atoms with van der Waals surface area (Å²) in [5, 5.41) is 29.7. The number of hydrogen-bond acceptors (Lipinski definition) is 6. The van der Waals surface area contributed by atoms with Gasteiger partial charge in [-0.3, -0.25) is 19.7 Å². The van der Waals surface area contributed by atoms with E-state index in [1.54, 1.807) is 27.7 Å². The number of phenolic OH excluding ortho intramolecular Hbond substituents is 1. The van der Waals surface area contributed by atoms with E-state index in [9.17, 15) is 24.6 Å². The third kappa shape index (κ3) is 5.26. The zero-order chi connectivity index (χ0) is 26.9. The quantitative estimate of drug-likeness (QED) is 0.361. The van der Waals surface area contributed by atoms with E-state index >= 15 is 0 Å². The van der Waals surface area contributed by atoms with Crippen LogP contribution in [0.3, 0.4) is 0 Å². The maximum atomic E-state index is 13.9. The number of nitrogens with one attached hydrogen (secondary N) is 3. The second-order valence-corrected chi connectivity index (χ2v) is 11.0. The maximum Gasteiger partial charge on any atom is 0.270 e. The van der Waals surface area contributed by atoms with Gasteiger partial charge in [-0.1, -0.05) is 43.3 Å². The Kier molecular flexibility index (Phi) is 7.83. The fourth-order valence-electron chi connectivity index (χ4n) is 4.52. The Balaban J connectivity index is 2.06. The molecule has 0 radical (unpaired) electrons. The molecule has 2 aromatic rings. The van der Waals surface area contributed by atoms with E-state index in [2.05, 4.69) is 16.0 Å². The zero-order valence-corrected chi connectivity index (χ0v) is 21.9. The number of carbonyl (C=O) groups is 3. The first-order chi connectivity index (χ1) is 16.7. The lowest BCUT2D eigenvalue weighted by Crippen LogP contribution is -2.69. The molecule has 0 aromatic heterocycles. The van der Waals surface area contributed by atoms with Gasteiger partial charge in [0.25, 0.3) is 11.8 Å². The number of aliphatic hydroxyl groups is 1. The summed E-state index contributed by atoms with van der Waals surface area (Å²) in [5.41, 5.74) is -1.90. The van der Waals surface area contributed by atoms with Gasteiger partial charge in [0, 0.05) is 29.1 Å². The molecule has 1 saturated heterocycles. The number of benzene rings is 2. The normalized spacial score (nSPS) is 24.7. The highest BCUT2D eigenvalue weighted by Gasteiger charge is 2.64. The van der Waals surface area contributed by atoms with Gasteiger partial charge in [0.1, 0.15) is 16.7 Å². The molecule has 2 aromatic carbocycles. The number of phenols is 1. The minimum absolute atomic E-state index is 0.0868. The Morgan fingerprint density at radius 1 is 1.14 bits per heavy atom. The predicted octanol–water partition coefficient (Wildman–Crippen LogP) is 2.75. The van der Waals surface area contributed by atoms with Crippen LogP contribution in [0.25, 0.3) is 0 Å². The topological polar surface area (TPSA) is 128 Å². The molecule has 36 heavy (non-hydrogen) atoms. The molecule has 1 fully saturated rings. The number of Topliss-reactive ketones (excluding diaryl/α,β-unsaturated/α-hetero) is 1. The number of alkyl halides is 1. The van der Waals surface area contributed by atoms with Crippen molar-refractivity contribution >= 4 is 29.2 Å². The number of carbonyl (C=O) groups excluding carboxylic acids is 3. The molecule has 1 heterocycles. The van der Waals surface area contributed by atoms with Gasteiger partial charge >= 0.3 is 0 Å². The predicted molar refractivity (Wildman–Crippen MR) is 138 cm³/mol. The summed E-state index contributed by atoms with van der Waals surface area (Å²) in [7, 11) is 0. The number of rotatable bonds is 7. The summed E-state index contributed by atoms with van der Waals surface area (Å²) >= 11 is 7.00. The van der Waals surface area contributed by atoms with Crippen LogP contribution in [0.4, 0.5) is 0 Å². The molecule has 1 aliphatic heterocycles. The van der Waals surface area contributed by atoms with Crippen LogP contribution in [0.5, 0.6) is 5.75 Å². The number of hydrogen-bond donors (Lipinski definition) is 5. The largest absolute Gasteiger partial charge is 0.508 e. The van der Waals surface area contributed by atoms with Gasteiger partial charge in [-0.25, -0.2) is 0 Å². The van der Waals surface area contributed by atoms with E-state index < -0.39 is 45.7 Å². The van der Waals surface area contributed by atoms with Crippen molar-refractivity contribution < 1.29 is 24.6 Å².